The second-order valence-electron chi connectivity index (χ2n) is 4.44. The average Bonchev–Trinajstić information content (AvgIpc) is 2.39. The number of anilines is 1. The number of hydrogen-bond donors (Lipinski definition) is 1. The van der Waals surface area contributed by atoms with E-state index in [4.69, 9.17) is 4.74 Å². The first-order chi connectivity index (χ1) is 9.10. The van der Waals surface area contributed by atoms with Crippen LogP contribution >= 0.6 is 0 Å². The molecular weight excluding hydrogens is 238 g/mol. The minimum Gasteiger partial charge on any atom is -0.496 e. The van der Waals surface area contributed by atoms with Gasteiger partial charge in [-0.3, -0.25) is 4.79 Å². The first-order valence-corrected chi connectivity index (χ1v) is 6.13. The maximum atomic E-state index is 11.0. The van der Waals surface area contributed by atoms with Crippen LogP contribution in [0, 0.1) is 6.92 Å². The van der Waals surface area contributed by atoms with Crippen molar-refractivity contribution in [1.29, 1.82) is 0 Å². The lowest BCUT2D eigenvalue weighted by molar-refractivity contribution is -0.114. The maximum absolute atomic E-state index is 11.0. The third-order valence-electron chi connectivity index (χ3n) is 2.93. The highest BCUT2D eigenvalue weighted by atomic mass is 16.5. The number of carbonyl (C=O) groups is 1. The number of methoxy groups -OCH3 is 1. The SMILES string of the molecule is COc1ccc(-c2ccc(NC(C)=O)cc2)cc1C. The summed E-state index contributed by atoms with van der Waals surface area (Å²) >= 11 is 0. The van der Waals surface area contributed by atoms with Crippen molar-refractivity contribution in [3.63, 3.8) is 0 Å². The molecule has 0 atom stereocenters. The summed E-state index contributed by atoms with van der Waals surface area (Å²) in [6.45, 7) is 3.52. The van der Waals surface area contributed by atoms with Gasteiger partial charge >= 0.3 is 0 Å². The van der Waals surface area contributed by atoms with E-state index in [2.05, 4.69) is 11.4 Å². The largest absolute Gasteiger partial charge is 0.496 e. The first-order valence-electron chi connectivity index (χ1n) is 6.13. The molecule has 2 aromatic rings. The number of benzene rings is 2. The monoisotopic (exact) mass is 255 g/mol. The van der Waals surface area contributed by atoms with Crippen LogP contribution in [0.1, 0.15) is 12.5 Å². The molecule has 1 amide bonds. The van der Waals surface area contributed by atoms with E-state index in [1.807, 2.05) is 43.3 Å². The Hall–Kier alpha value is -2.29. The van der Waals surface area contributed by atoms with Crippen LogP contribution in [0.5, 0.6) is 5.75 Å². The average molecular weight is 255 g/mol. The molecule has 0 heterocycles. The zero-order valence-corrected chi connectivity index (χ0v) is 11.4. The summed E-state index contributed by atoms with van der Waals surface area (Å²) in [5.41, 5.74) is 4.15. The van der Waals surface area contributed by atoms with Crippen LogP contribution in [0.4, 0.5) is 5.69 Å². The number of hydrogen-bond acceptors (Lipinski definition) is 2. The normalized spacial score (nSPS) is 10.1. The third kappa shape index (κ3) is 3.13. The van der Waals surface area contributed by atoms with E-state index >= 15 is 0 Å². The molecule has 0 spiro atoms. The van der Waals surface area contributed by atoms with Gasteiger partial charge in [-0.15, -0.1) is 0 Å². The number of rotatable bonds is 3. The highest BCUT2D eigenvalue weighted by molar-refractivity contribution is 5.89. The predicted octanol–water partition coefficient (Wildman–Crippen LogP) is 3.63. The second-order valence-corrected chi connectivity index (χ2v) is 4.44. The van der Waals surface area contributed by atoms with Gasteiger partial charge in [0.2, 0.25) is 5.91 Å². The quantitative estimate of drug-likeness (QED) is 0.909. The number of ether oxygens (including phenoxy) is 1. The van der Waals surface area contributed by atoms with E-state index in [9.17, 15) is 4.79 Å². The molecule has 0 radical (unpaired) electrons. The molecule has 98 valence electrons. The molecule has 19 heavy (non-hydrogen) atoms. The van der Waals surface area contributed by atoms with E-state index in [1.54, 1.807) is 7.11 Å². The Kier molecular flexibility index (Phi) is 3.85. The van der Waals surface area contributed by atoms with Gasteiger partial charge in [0, 0.05) is 12.6 Å². The van der Waals surface area contributed by atoms with Gasteiger partial charge in [-0.1, -0.05) is 18.2 Å². The lowest BCUT2D eigenvalue weighted by atomic mass is 10.0. The van der Waals surface area contributed by atoms with Crippen molar-refractivity contribution in [3.8, 4) is 16.9 Å². The van der Waals surface area contributed by atoms with E-state index in [-0.39, 0.29) is 5.91 Å². The number of amides is 1. The highest BCUT2D eigenvalue weighted by Crippen LogP contribution is 2.26. The fraction of sp³-hybridized carbons (Fsp3) is 0.188. The summed E-state index contributed by atoms with van der Waals surface area (Å²) in [6.07, 6.45) is 0. The Morgan fingerprint density at radius 1 is 1.05 bits per heavy atom. The van der Waals surface area contributed by atoms with Gasteiger partial charge in [0.15, 0.2) is 0 Å². The molecule has 0 fully saturated rings. The van der Waals surface area contributed by atoms with E-state index < -0.39 is 0 Å². The summed E-state index contributed by atoms with van der Waals surface area (Å²) in [6, 6.07) is 13.9. The minimum absolute atomic E-state index is 0.0620. The molecule has 3 nitrogen and oxygen atoms in total. The third-order valence-corrected chi connectivity index (χ3v) is 2.93. The molecule has 0 saturated carbocycles. The molecule has 0 unspecified atom stereocenters. The predicted molar refractivity (Wildman–Crippen MR) is 77.5 cm³/mol. The van der Waals surface area contributed by atoms with Crippen LogP contribution in [-0.4, -0.2) is 13.0 Å². The second kappa shape index (κ2) is 5.57. The van der Waals surface area contributed by atoms with Gasteiger partial charge in [0.1, 0.15) is 5.75 Å². The molecule has 0 saturated heterocycles. The van der Waals surface area contributed by atoms with Crippen molar-refractivity contribution in [2.75, 3.05) is 12.4 Å². The highest BCUT2D eigenvalue weighted by Gasteiger charge is 2.03. The van der Waals surface area contributed by atoms with E-state index in [1.165, 1.54) is 6.92 Å². The first kappa shape index (κ1) is 13.1. The standard InChI is InChI=1S/C16H17NO2/c1-11-10-14(6-9-16(11)19-3)13-4-7-15(8-5-13)17-12(2)18/h4-10H,1-3H3,(H,17,18). The molecule has 1 N–H and O–H groups in total. The van der Waals surface area contributed by atoms with Crippen LogP contribution in [0.2, 0.25) is 0 Å². The lowest BCUT2D eigenvalue weighted by Crippen LogP contribution is -2.05. The van der Waals surface area contributed by atoms with Crippen molar-refractivity contribution < 1.29 is 9.53 Å². The molecule has 2 rings (SSSR count). The van der Waals surface area contributed by atoms with Crippen molar-refractivity contribution in [3.05, 3.63) is 48.0 Å². The van der Waals surface area contributed by atoms with Gasteiger partial charge < -0.3 is 10.1 Å². The van der Waals surface area contributed by atoms with Crippen molar-refractivity contribution in [1.82, 2.24) is 0 Å². The Morgan fingerprint density at radius 2 is 1.68 bits per heavy atom. The van der Waals surface area contributed by atoms with Crippen LogP contribution in [0.3, 0.4) is 0 Å². The van der Waals surface area contributed by atoms with Gasteiger partial charge in [0.05, 0.1) is 7.11 Å². The van der Waals surface area contributed by atoms with E-state index in [0.717, 1.165) is 28.1 Å². The topological polar surface area (TPSA) is 38.3 Å². The Labute approximate surface area is 113 Å². The summed E-state index contributed by atoms with van der Waals surface area (Å²) < 4.78 is 5.25. The molecule has 0 bridgehead atoms. The number of aryl methyl sites for hydroxylation is 1. The lowest BCUT2D eigenvalue weighted by Gasteiger charge is -2.08. The summed E-state index contributed by atoms with van der Waals surface area (Å²) in [4.78, 5) is 11.0. The summed E-state index contributed by atoms with van der Waals surface area (Å²) in [5, 5.41) is 2.75. The summed E-state index contributed by atoms with van der Waals surface area (Å²) in [7, 11) is 1.67. The molecule has 0 aliphatic carbocycles. The van der Waals surface area contributed by atoms with E-state index in [0.29, 0.717) is 0 Å². The van der Waals surface area contributed by atoms with Crippen LogP contribution in [0.15, 0.2) is 42.5 Å². The van der Waals surface area contributed by atoms with Crippen LogP contribution < -0.4 is 10.1 Å². The van der Waals surface area contributed by atoms with Crippen molar-refractivity contribution >= 4 is 11.6 Å². The Bertz CT molecular complexity index is 588. The molecule has 0 aromatic heterocycles. The zero-order valence-electron chi connectivity index (χ0n) is 11.4. The Morgan fingerprint density at radius 3 is 2.21 bits per heavy atom. The van der Waals surface area contributed by atoms with Gasteiger partial charge in [-0.05, 0) is 47.9 Å². The minimum atomic E-state index is -0.0620. The fourth-order valence-electron chi connectivity index (χ4n) is 2.01. The Balaban J connectivity index is 2.27. The number of carbonyl (C=O) groups excluding carboxylic acids is 1. The van der Waals surface area contributed by atoms with Gasteiger partial charge in [0.25, 0.3) is 0 Å². The maximum Gasteiger partial charge on any atom is 0.221 e. The van der Waals surface area contributed by atoms with Crippen LogP contribution in [-0.2, 0) is 4.79 Å². The smallest absolute Gasteiger partial charge is 0.221 e. The zero-order chi connectivity index (χ0) is 13.8. The molecule has 0 aliphatic heterocycles. The summed E-state index contributed by atoms with van der Waals surface area (Å²) in [5.74, 6) is 0.826. The molecule has 2 aromatic carbocycles. The van der Waals surface area contributed by atoms with Crippen molar-refractivity contribution in [2.24, 2.45) is 0 Å². The molecule has 0 aliphatic rings. The number of nitrogens with one attached hydrogen (secondary N) is 1. The van der Waals surface area contributed by atoms with Gasteiger partial charge in [-0.2, -0.15) is 0 Å². The molecule has 3 heteroatoms. The van der Waals surface area contributed by atoms with Crippen LogP contribution in [0.25, 0.3) is 11.1 Å². The van der Waals surface area contributed by atoms with Crippen molar-refractivity contribution in [2.45, 2.75) is 13.8 Å². The fourth-order valence-corrected chi connectivity index (χ4v) is 2.01. The van der Waals surface area contributed by atoms with Gasteiger partial charge in [-0.25, -0.2) is 0 Å². The molecular formula is C16H17NO2.